The molecule has 0 heterocycles. The third-order valence-corrected chi connectivity index (χ3v) is 7.66. The molecule has 0 aliphatic rings. The van der Waals surface area contributed by atoms with Crippen LogP contribution in [0.15, 0.2) is 110 Å². The molecule has 0 saturated heterocycles. The largest absolute Gasteiger partial charge is 0.499 e. The van der Waals surface area contributed by atoms with Crippen LogP contribution in [0, 0.1) is 13.8 Å². The van der Waals surface area contributed by atoms with E-state index in [0.29, 0.717) is 32.1 Å². The number of nitrogens with one attached hydrogen (secondary N) is 1. The summed E-state index contributed by atoms with van der Waals surface area (Å²) in [5, 5.41) is 20.3. The Labute approximate surface area is 297 Å². The van der Waals surface area contributed by atoms with Gasteiger partial charge in [0.25, 0.3) is 11.8 Å². The smallest absolute Gasteiger partial charge is 0.274 e. The zero-order valence-electron chi connectivity index (χ0n) is 26.0. The third kappa shape index (κ3) is 9.95. The molecule has 0 aromatic heterocycles. The van der Waals surface area contributed by atoms with Crippen LogP contribution in [0.4, 0.5) is 22.7 Å². The van der Waals surface area contributed by atoms with Gasteiger partial charge in [-0.1, -0.05) is 58.5 Å². The Hall–Kier alpha value is -4.61. The normalized spacial score (nSPS) is 12.5. The summed E-state index contributed by atoms with van der Waals surface area (Å²) in [5.74, 6) is -1.04. The van der Waals surface area contributed by atoms with Crippen LogP contribution in [-0.4, -0.2) is 31.2 Å². The number of azo groups is 2. The summed E-state index contributed by atoms with van der Waals surface area (Å²) >= 11 is 24.1. The molecule has 1 unspecified atom stereocenters. The van der Waals surface area contributed by atoms with Gasteiger partial charge in [-0.05, 0) is 104 Å². The molecule has 0 spiro atoms. The molecule has 0 aliphatic heterocycles. The average molecular weight is 726 g/mol. The quantitative estimate of drug-likeness (QED) is 0.0512. The van der Waals surface area contributed by atoms with E-state index >= 15 is 0 Å². The topological polar surface area (TPSA) is 126 Å². The Morgan fingerprint density at radius 3 is 1.92 bits per heavy atom. The first-order chi connectivity index (χ1) is 22.9. The van der Waals surface area contributed by atoms with Gasteiger partial charge in [-0.25, -0.2) is 4.99 Å². The van der Waals surface area contributed by atoms with E-state index in [2.05, 4.69) is 30.8 Å². The molecule has 4 rings (SSSR count). The second-order valence-corrected chi connectivity index (χ2v) is 11.9. The van der Waals surface area contributed by atoms with Crippen molar-refractivity contribution in [3.63, 3.8) is 0 Å². The number of Topliss-reactive ketones (excluding diaryl/α,β-unsaturated/α-hetero) is 1. The zero-order chi connectivity index (χ0) is 34.8. The lowest BCUT2D eigenvalue weighted by molar-refractivity contribution is -0.126. The van der Waals surface area contributed by atoms with Crippen molar-refractivity contribution in [1.29, 1.82) is 0 Å². The second kappa shape index (κ2) is 17.0. The van der Waals surface area contributed by atoms with Gasteiger partial charge in [-0.2, -0.15) is 10.2 Å². The van der Waals surface area contributed by atoms with Gasteiger partial charge in [-0.3, -0.25) is 9.59 Å². The van der Waals surface area contributed by atoms with E-state index in [-0.39, 0.29) is 16.6 Å². The van der Waals surface area contributed by atoms with E-state index in [9.17, 15) is 9.59 Å². The average Bonchev–Trinajstić information content (AvgIpc) is 3.03. The molecular weight excluding hydrogens is 698 g/mol. The summed E-state index contributed by atoms with van der Waals surface area (Å²) in [4.78, 5) is 29.6. The van der Waals surface area contributed by atoms with Gasteiger partial charge < -0.3 is 14.8 Å². The standard InChI is InChI=1S/C34H28Cl4N6O4/c1-19-13-22(5-9-28(19)39-18-48-32(17-47-4)43-41-30-11-7-24(35)15-26(30)37)23-6-10-29(20(2)14-23)40-34(46)33(21(3)45)44-42-31-12-8-25(36)16-27(31)38/h5-18,33H,1-4H3,(H,40,46)/b32-17-,39-18?,43-41?,44-42?. The first-order valence-electron chi connectivity index (χ1n) is 14.1. The highest BCUT2D eigenvalue weighted by Crippen LogP contribution is 2.31. The summed E-state index contributed by atoms with van der Waals surface area (Å²) in [6.07, 6.45) is 2.50. The Bertz CT molecular complexity index is 1960. The molecule has 0 aliphatic carbocycles. The molecule has 0 bridgehead atoms. The van der Waals surface area contributed by atoms with Gasteiger partial charge in [0, 0.05) is 15.7 Å². The minimum absolute atomic E-state index is 0.0489. The fourth-order valence-electron chi connectivity index (χ4n) is 4.14. The molecule has 48 heavy (non-hydrogen) atoms. The number of rotatable bonds is 12. The minimum Gasteiger partial charge on any atom is -0.499 e. The monoisotopic (exact) mass is 724 g/mol. The van der Waals surface area contributed by atoms with E-state index in [1.54, 1.807) is 36.4 Å². The number of carbonyl (C=O) groups excluding carboxylic acids is 2. The first kappa shape index (κ1) is 36.2. The van der Waals surface area contributed by atoms with Crippen LogP contribution >= 0.6 is 46.4 Å². The lowest BCUT2D eigenvalue weighted by Gasteiger charge is -2.13. The number of benzene rings is 4. The van der Waals surface area contributed by atoms with E-state index in [1.807, 2.05) is 44.2 Å². The fraction of sp³-hybridized carbons (Fsp3) is 0.147. The number of aryl methyl sites for hydroxylation is 2. The molecule has 4 aromatic carbocycles. The third-order valence-electron chi connectivity index (χ3n) is 6.59. The number of carbonyl (C=O) groups is 2. The molecule has 14 heteroatoms. The highest BCUT2D eigenvalue weighted by atomic mass is 35.5. The van der Waals surface area contributed by atoms with Gasteiger partial charge in [0.1, 0.15) is 17.6 Å². The highest BCUT2D eigenvalue weighted by molar-refractivity contribution is 6.36. The van der Waals surface area contributed by atoms with Gasteiger partial charge in [0.15, 0.2) is 12.2 Å². The van der Waals surface area contributed by atoms with Crippen LogP contribution in [0.3, 0.4) is 0 Å². The van der Waals surface area contributed by atoms with Gasteiger partial charge >= 0.3 is 0 Å². The van der Waals surface area contributed by atoms with Crippen molar-refractivity contribution in [2.45, 2.75) is 26.8 Å². The van der Waals surface area contributed by atoms with Crippen LogP contribution in [-0.2, 0) is 19.1 Å². The lowest BCUT2D eigenvalue weighted by atomic mass is 10.00. The zero-order valence-corrected chi connectivity index (χ0v) is 29.1. The lowest BCUT2D eigenvalue weighted by Crippen LogP contribution is -2.32. The van der Waals surface area contributed by atoms with E-state index in [1.165, 1.54) is 32.8 Å². The summed E-state index contributed by atoms with van der Waals surface area (Å²) in [6.45, 7) is 5.03. The highest BCUT2D eigenvalue weighted by Gasteiger charge is 2.24. The number of amides is 1. The van der Waals surface area contributed by atoms with E-state index in [4.69, 9.17) is 55.9 Å². The number of ketones is 1. The van der Waals surface area contributed by atoms with Crippen molar-refractivity contribution in [2.24, 2.45) is 25.4 Å². The van der Waals surface area contributed by atoms with Crippen molar-refractivity contribution < 1.29 is 19.1 Å². The van der Waals surface area contributed by atoms with Crippen molar-refractivity contribution in [1.82, 2.24) is 0 Å². The molecule has 1 atom stereocenters. The van der Waals surface area contributed by atoms with Gasteiger partial charge in [0.05, 0.1) is 22.8 Å². The van der Waals surface area contributed by atoms with Crippen molar-refractivity contribution in [2.75, 3.05) is 12.4 Å². The molecule has 0 radical (unpaired) electrons. The van der Waals surface area contributed by atoms with Crippen molar-refractivity contribution >= 4 is 87.2 Å². The molecule has 1 amide bonds. The van der Waals surface area contributed by atoms with E-state index in [0.717, 1.165) is 22.3 Å². The number of hydrogen-bond donors (Lipinski definition) is 1. The molecule has 10 nitrogen and oxygen atoms in total. The van der Waals surface area contributed by atoms with Crippen LogP contribution < -0.4 is 5.32 Å². The number of anilines is 1. The van der Waals surface area contributed by atoms with Crippen LogP contribution in [0.2, 0.25) is 20.1 Å². The maximum absolute atomic E-state index is 13.0. The van der Waals surface area contributed by atoms with Crippen LogP contribution in [0.1, 0.15) is 18.1 Å². The predicted octanol–water partition coefficient (Wildman–Crippen LogP) is 11.2. The van der Waals surface area contributed by atoms with E-state index < -0.39 is 17.7 Å². The second-order valence-electron chi connectivity index (χ2n) is 10.2. The summed E-state index contributed by atoms with van der Waals surface area (Å²) in [5.41, 5.74) is 5.38. The van der Waals surface area contributed by atoms with Crippen LogP contribution in [0.5, 0.6) is 0 Å². The van der Waals surface area contributed by atoms with Crippen molar-refractivity contribution in [3.8, 4) is 11.1 Å². The number of halogens is 4. The fourth-order valence-corrected chi connectivity index (χ4v) is 5.04. The maximum Gasteiger partial charge on any atom is 0.274 e. The number of methoxy groups -OCH3 is 1. The Kier molecular flexibility index (Phi) is 12.8. The number of hydrogen-bond acceptors (Lipinski definition) is 9. The van der Waals surface area contributed by atoms with Gasteiger partial charge in [-0.15, -0.1) is 10.2 Å². The minimum atomic E-state index is -1.36. The first-order valence-corrected chi connectivity index (χ1v) is 15.6. The molecule has 0 fully saturated rings. The SMILES string of the molecule is CO/C=C(/N=Nc1ccc(Cl)cc1Cl)OC=Nc1ccc(-c2ccc(NC(=O)C(N=Nc3ccc(Cl)cc3Cl)C(C)=O)c(C)c2)cc1C. The molecule has 246 valence electrons. The van der Waals surface area contributed by atoms with Gasteiger partial charge in [0.2, 0.25) is 6.04 Å². The number of ether oxygens (including phenoxy) is 2. The predicted molar refractivity (Wildman–Crippen MR) is 191 cm³/mol. The number of nitrogens with zero attached hydrogens (tertiary/aromatic N) is 5. The van der Waals surface area contributed by atoms with Crippen LogP contribution in [0.25, 0.3) is 11.1 Å². The Balaban J connectivity index is 1.42. The summed E-state index contributed by atoms with van der Waals surface area (Å²) in [7, 11) is 1.45. The molecular formula is C34H28Cl4N6O4. The molecule has 4 aromatic rings. The Morgan fingerprint density at radius 1 is 0.771 bits per heavy atom. The number of aliphatic imine (C=N–C) groups is 1. The maximum atomic E-state index is 13.0. The summed E-state index contributed by atoms with van der Waals surface area (Å²) in [6, 6.07) is 19.4. The summed E-state index contributed by atoms with van der Waals surface area (Å²) < 4.78 is 10.5. The molecule has 1 N–H and O–H groups in total. The Morgan fingerprint density at radius 2 is 1.35 bits per heavy atom. The van der Waals surface area contributed by atoms with Crippen molar-refractivity contribution in [3.05, 3.63) is 116 Å². The molecule has 0 saturated carbocycles.